The second-order valence-corrected chi connectivity index (χ2v) is 18.9. The molecule has 7 heteroatoms. The van der Waals surface area contributed by atoms with E-state index in [1.165, 1.54) is 48.5 Å². The number of para-hydroxylation sites is 1. The van der Waals surface area contributed by atoms with E-state index in [4.69, 9.17) is 12.6 Å². The lowest BCUT2D eigenvalue weighted by Crippen LogP contribution is -2.26. The fourth-order valence-electron chi connectivity index (χ4n) is 7.01. The van der Waals surface area contributed by atoms with E-state index in [-0.39, 0.29) is 23.3 Å². The van der Waals surface area contributed by atoms with Gasteiger partial charge in [0.15, 0.2) is 0 Å². The highest BCUT2D eigenvalue weighted by atomic mass is 31.2. The molecule has 1 heterocycles. The van der Waals surface area contributed by atoms with Crippen molar-refractivity contribution in [3.63, 3.8) is 0 Å². The van der Waals surface area contributed by atoms with Gasteiger partial charge in [-0.3, -0.25) is 0 Å². The number of fused-ring (bicyclic) bond motifs is 3. The van der Waals surface area contributed by atoms with Crippen LogP contribution in [0.25, 0.3) is 27.5 Å². The molecule has 0 spiro atoms. The molecule has 0 bridgehead atoms. The van der Waals surface area contributed by atoms with Crippen molar-refractivity contribution in [3.8, 4) is 5.69 Å². The van der Waals surface area contributed by atoms with Crippen molar-refractivity contribution in [1.82, 2.24) is 4.57 Å². The Morgan fingerprint density at radius 1 is 0.353 bits per heavy atom. The minimum Gasteiger partial charge on any atom is -0.309 e. The first-order chi connectivity index (χ1) is 24.7. The van der Waals surface area contributed by atoms with Crippen molar-refractivity contribution in [1.29, 1.82) is 0 Å². The van der Waals surface area contributed by atoms with Crippen LogP contribution in [0.5, 0.6) is 0 Å². The van der Waals surface area contributed by atoms with E-state index >= 15 is 0 Å². The average molecular weight is 712 g/mol. The van der Waals surface area contributed by atoms with Crippen molar-refractivity contribution in [2.75, 3.05) is 0 Å². The number of hydrogen-bond donors (Lipinski definition) is 0. The summed E-state index contributed by atoms with van der Waals surface area (Å²) >= 11 is 0. The number of halogens is 4. The maximum atomic E-state index is 14.2. The minimum atomic E-state index is -2.63. The molecule has 0 unspecified atom stereocenters. The van der Waals surface area contributed by atoms with E-state index in [1.54, 1.807) is 48.5 Å². The molecule has 1 aromatic heterocycles. The van der Waals surface area contributed by atoms with Crippen LogP contribution in [-0.2, 0) is 0 Å². The summed E-state index contributed by atoms with van der Waals surface area (Å²) in [5.41, 5.74) is 2.93. The molecule has 51 heavy (non-hydrogen) atoms. The standard InChI is InChI=1S/C44H31F4NP2/c1-50(35-16-8-30(45)9-17-35,36-18-10-31(46)11-19-36)39-24-26-43-41(28-39)42-29-40(25-27-44(42)49(43)34-6-4-3-5-7-34)51(2,37-20-12-32(47)13-21-37)38-22-14-33(48)15-23-38/h3-29H,1-2H2. The molecule has 0 saturated carbocycles. The molecule has 1 nitrogen and oxygen atoms in total. The first-order valence-corrected chi connectivity index (χ1v) is 20.3. The van der Waals surface area contributed by atoms with Gasteiger partial charge in [-0.05, 0) is 131 Å². The Kier molecular flexibility index (Phi) is 8.22. The van der Waals surface area contributed by atoms with Gasteiger partial charge in [-0.15, -0.1) is 0 Å². The van der Waals surface area contributed by atoms with Crippen LogP contribution in [0.4, 0.5) is 17.6 Å². The summed E-state index contributed by atoms with van der Waals surface area (Å²) in [5.74, 6) is -1.39. The Morgan fingerprint density at radius 2 is 0.647 bits per heavy atom. The van der Waals surface area contributed by atoms with Crippen LogP contribution in [0.1, 0.15) is 0 Å². The van der Waals surface area contributed by atoms with Gasteiger partial charge < -0.3 is 4.57 Å². The maximum absolute atomic E-state index is 14.2. The Bertz CT molecular complexity index is 2380. The van der Waals surface area contributed by atoms with Crippen molar-refractivity contribution in [2.45, 2.75) is 0 Å². The van der Waals surface area contributed by atoms with Crippen molar-refractivity contribution in [3.05, 3.63) is 187 Å². The van der Waals surface area contributed by atoms with Gasteiger partial charge in [0.25, 0.3) is 0 Å². The second kappa shape index (κ2) is 12.8. The van der Waals surface area contributed by atoms with Crippen LogP contribution >= 0.6 is 13.8 Å². The first kappa shape index (κ1) is 32.8. The Hall–Kier alpha value is -5.34. The van der Waals surface area contributed by atoms with Gasteiger partial charge >= 0.3 is 0 Å². The normalized spacial score (nSPS) is 12.1. The summed E-state index contributed by atoms with van der Waals surface area (Å²) in [6, 6.07) is 48.4. The lowest BCUT2D eigenvalue weighted by Gasteiger charge is -2.27. The Morgan fingerprint density at radius 3 is 0.961 bits per heavy atom. The van der Waals surface area contributed by atoms with Crippen LogP contribution in [0.3, 0.4) is 0 Å². The third-order valence-electron chi connectivity index (χ3n) is 9.70. The summed E-state index contributed by atoms with van der Waals surface area (Å²) in [5, 5.41) is 7.26. The van der Waals surface area contributed by atoms with Crippen LogP contribution in [0.2, 0.25) is 0 Å². The average Bonchev–Trinajstić information content (AvgIpc) is 3.49. The van der Waals surface area contributed by atoms with Gasteiger partial charge in [0.1, 0.15) is 23.3 Å². The van der Waals surface area contributed by atoms with Gasteiger partial charge in [-0.25, -0.2) is 17.6 Å². The Balaban J connectivity index is 1.43. The van der Waals surface area contributed by atoms with Crippen molar-refractivity contribution >= 4 is 80.0 Å². The summed E-state index contributed by atoms with van der Waals surface area (Å²) < 4.78 is 59.0. The lowest BCUT2D eigenvalue weighted by molar-refractivity contribution is 0.628. The third kappa shape index (κ3) is 5.58. The molecule has 0 radical (unpaired) electrons. The van der Waals surface area contributed by atoms with Gasteiger partial charge in [-0.2, -0.15) is 0 Å². The number of benzene rings is 7. The van der Waals surface area contributed by atoms with Crippen LogP contribution in [0.15, 0.2) is 164 Å². The summed E-state index contributed by atoms with van der Waals surface area (Å²) in [7, 11) is 0. The van der Waals surface area contributed by atoms with Crippen LogP contribution < -0.4 is 31.8 Å². The molecule has 8 rings (SSSR count). The quantitative estimate of drug-likeness (QED) is 0.115. The molecule has 0 amide bonds. The maximum Gasteiger partial charge on any atom is 0.123 e. The third-order valence-corrected chi connectivity index (χ3v) is 16.7. The Labute approximate surface area is 294 Å². The van der Waals surface area contributed by atoms with E-state index in [0.29, 0.717) is 0 Å². The van der Waals surface area contributed by atoms with E-state index in [9.17, 15) is 17.6 Å². The van der Waals surface area contributed by atoms with E-state index in [1.807, 2.05) is 18.2 Å². The van der Waals surface area contributed by atoms with E-state index < -0.39 is 13.8 Å². The predicted octanol–water partition coefficient (Wildman–Crippen LogP) is 8.79. The summed E-state index contributed by atoms with van der Waals surface area (Å²) in [6.07, 6.45) is 9.67. The van der Waals surface area contributed by atoms with Crippen molar-refractivity contribution < 1.29 is 17.6 Å². The molecule has 0 N–H and O–H groups in total. The van der Waals surface area contributed by atoms with Crippen LogP contribution in [0, 0.1) is 23.3 Å². The minimum absolute atomic E-state index is 0.347. The molecule has 0 aliphatic rings. The van der Waals surface area contributed by atoms with Crippen LogP contribution in [-0.4, -0.2) is 17.2 Å². The van der Waals surface area contributed by atoms with Gasteiger partial charge in [0, 0.05) is 16.5 Å². The van der Waals surface area contributed by atoms with Gasteiger partial charge in [0.05, 0.1) is 11.0 Å². The zero-order valence-corrected chi connectivity index (χ0v) is 29.1. The number of nitrogens with zero attached hydrogens (tertiary/aromatic N) is 1. The summed E-state index contributed by atoms with van der Waals surface area (Å²) in [4.78, 5) is 0. The van der Waals surface area contributed by atoms with Gasteiger partial charge in [-0.1, -0.05) is 91.5 Å². The number of aromatic nitrogens is 1. The molecule has 0 atom stereocenters. The monoisotopic (exact) mass is 711 g/mol. The molecular formula is C44H31F4NP2. The molecule has 0 aliphatic carbocycles. The fraction of sp³-hybridized carbons (Fsp3) is 0. The molecular weight excluding hydrogens is 680 g/mol. The van der Waals surface area contributed by atoms with E-state index in [0.717, 1.165) is 59.3 Å². The number of hydrogen-bond acceptors (Lipinski definition) is 0. The summed E-state index contributed by atoms with van der Waals surface area (Å²) in [6.45, 7) is -5.26. The first-order valence-electron chi connectivity index (χ1n) is 16.3. The molecule has 0 saturated heterocycles. The van der Waals surface area contributed by atoms with E-state index in [2.05, 4.69) is 53.1 Å². The molecule has 0 fully saturated rings. The smallest absolute Gasteiger partial charge is 0.123 e. The molecule has 250 valence electrons. The second-order valence-electron chi connectivity index (χ2n) is 12.6. The predicted molar refractivity (Wildman–Crippen MR) is 212 cm³/mol. The fourth-order valence-corrected chi connectivity index (χ4v) is 12.8. The molecule has 7 aromatic carbocycles. The molecule has 0 aliphatic heterocycles. The SMILES string of the molecule is C=P(c1ccc(F)cc1)(c1ccc(F)cc1)c1ccc2c(c1)c1cc(P(=C)(c3ccc(F)cc3)c3ccc(F)cc3)ccc1n2-c1ccccc1. The number of rotatable bonds is 7. The topological polar surface area (TPSA) is 4.93 Å². The largest absolute Gasteiger partial charge is 0.309 e. The highest BCUT2D eigenvalue weighted by Crippen LogP contribution is 2.46. The zero-order chi connectivity index (χ0) is 35.3. The molecule has 8 aromatic rings. The highest BCUT2D eigenvalue weighted by Gasteiger charge is 2.27. The van der Waals surface area contributed by atoms with Crippen molar-refractivity contribution in [2.24, 2.45) is 0 Å². The lowest BCUT2D eigenvalue weighted by atomic mass is 10.1. The van der Waals surface area contributed by atoms with Gasteiger partial charge in [0.2, 0.25) is 0 Å². The zero-order valence-electron chi connectivity index (χ0n) is 27.4. The highest BCUT2D eigenvalue weighted by molar-refractivity contribution is 7.93.